The lowest BCUT2D eigenvalue weighted by molar-refractivity contribution is -0.134. The quantitative estimate of drug-likeness (QED) is 0.727. The first-order valence-electron chi connectivity index (χ1n) is 6.26. The highest BCUT2D eigenvalue weighted by atomic mass is 16.5. The van der Waals surface area contributed by atoms with Gasteiger partial charge in [-0.1, -0.05) is 24.6 Å². The molecule has 0 aliphatic rings. The van der Waals surface area contributed by atoms with Gasteiger partial charge in [0.2, 0.25) is 11.8 Å². The summed E-state index contributed by atoms with van der Waals surface area (Å²) >= 11 is 0. The highest BCUT2D eigenvalue weighted by Gasteiger charge is 2.16. The zero-order valence-electron chi connectivity index (χ0n) is 11.1. The molecular formula is C13H19N3O3. The van der Waals surface area contributed by atoms with Crippen LogP contribution < -0.4 is 5.32 Å². The normalized spacial score (nSPS) is 9.95. The molecule has 0 spiro atoms. The first-order valence-corrected chi connectivity index (χ1v) is 6.26. The van der Waals surface area contributed by atoms with Gasteiger partial charge in [-0.25, -0.2) is 0 Å². The van der Waals surface area contributed by atoms with Crippen molar-refractivity contribution in [3.63, 3.8) is 0 Å². The predicted octanol–water partition coefficient (Wildman–Crippen LogP) is 1.82. The third-order valence-electron chi connectivity index (χ3n) is 2.49. The van der Waals surface area contributed by atoms with E-state index >= 15 is 0 Å². The van der Waals surface area contributed by atoms with Crippen molar-refractivity contribution in [1.29, 1.82) is 0 Å². The number of carbonyl (C=O) groups is 2. The summed E-state index contributed by atoms with van der Waals surface area (Å²) < 4.78 is 4.61. The number of anilines is 1. The van der Waals surface area contributed by atoms with E-state index in [1.165, 1.54) is 17.2 Å². The van der Waals surface area contributed by atoms with Crippen LogP contribution in [0.2, 0.25) is 0 Å². The number of rotatable bonds is 8. The van der Waals surface area contributed by atoms with Crippen LogP contribution in [0, 0.1) is 0 Å². The van der Waals surface area contributed by atoms with Gasteiger partial charge >= 0.3 is 0 Å². The van der Waals surface area contributed by atoms with Gasteiger partial charge in [0.1, 0.15) is 12.8 Å². The molecule has 0 aliphatic carbocycles. The molecule has 1 N–H and O–H groups in total. The maximum Gasteiger partial charge on any atom is 0.245 e. The van der Waals surface area contributed by atoms with Crippen LogP contribution in [0.25, 0.3) is 0 Å². The topological polar surface area (TPSA) is 75.4 Å². The Morgan fingerprint density at radius 2 is 2.37 bits per heavy atom. The summed E-state index contributed by atoms with van der Waals surface area (Å²) in [7, 11) is 0. The Morgan fingerprint density at radius 1 is 1.58 bits per heavy atom. The Balaban J connectivity index is 2.49. The molecule has 1 heterocycles. The highest BCUT2D eigenvalue weighted by Crippen LogP contribution is 2.04. The first kappa shape index (κ1) is 14.9. The number of nitrogens with one attached hydrogen (secondary N) is 1. The maximum absolute atomic E-state index is 11.9. The molecule has 1 aromatic rings. The maximum atomic E-state index is 11.9. The van der Waals surface area contributed by atoms with Gasteiger partial charge in [-0.2, -0.15) is 0 Å². The molecule has 6 heteroatoms. The number of amides is 2. The fourth-order valence-corrected chi connectivity index (χ4v) is 1.53. The van der Waals surface area contributed by atoms with E-state index < -0.39 is 0 Å². The molecule has 0 unspecified atom stereocenters. The van der Waals surface area contributed by atoms with Crippen LogP contribution in [-0.4, -0.2) is 35.0 Å². The Labute approximate surface area is 112 Å². The third-order valence-corrected chi connectivity index (χ3v) is 2.49. The number of hydrogen-bond acceptors (Lipinski definition) is 4. The van der Waals surface area contributed by atoms with Crippen molar-refractivity contribution >= 4 is 17.6 Å². The number of carbonyl (C=O) groups excluding carboxylic acids is 2. The summed E-state index contributed by atoms with van der Waals surface area (Å²) in [5.41, 5.74) is 0. The van der Waals surface area contributed by atoms with Gasteiger partial charge in [0.05, 0.1) is 0 Å². The van der Waals surface area contributed by atoms with Crippen molar-refractivity contribution in [1.82, 2.24) is 10.1 Å². The summed E-state index contributed by atoms with van der Waals surface area (Å²) in [5.74, 6) is -0.0118. The van der Waals surface area contributed by atoms with E-state index in [0.29, 0.717) is 18.8 Å². The van der Waals surface area contributed by atoms with Gasteiger partial charge in [0.25, 0.3) is 0 Å². The fraction of sp³-hybridized carbons (Fsp3) is 0.462. The van der Waals surface area contributed by atoms with Crippen LogP contribution in [-0.2, 0) is 9.59 Å². The number of aromatic nitrogens is 1. The molecule has 0 saturated carbocycles. The largest absolute Gasteiger partial charge is 0.363 e. The van der Waals surface area contributed by atoms with Crippen molar-refractivity contribution in [2.45, 2.75) is 26.2 Å². The van der Waals surface area contributed by atoms with Crippen LogP contribution in [0.3, 0.4) is 0 Å². The van der Waals surface area contributed by atoms with E-state index in [2.05, 4.69) is 21.6 Å². The molecule has 104 valence electrons. The van der Waals surface area contributed by atoms with Crippen LogP contribution in [0.5, 0.6) is 0 Å². The lowest BCUT2D eigenvalue weighted by atomic mass is 10.2. The molecule has 0 fully saturated rings. The Hall–Kier alpha value is -2.11. The average Bonchev–Trinajstić information content (AvgIpc) is 2.88. The summed E-state index contributed by atoms with van der Waals surface area (Å²) in [6.07, 6.45) is 5.18. The van der Waals surface area contributed by atoms with Crippen LogP contribution in [0.4, 0.5) is 5.82 Å². The summed E-state index contributed by atoms with van der Waals surface area (Å²) in [4.78, 5) is 25.1. The minimum absolute atomic E-state index is 0.0125. The summed E-state index contributed by atoms with van der Waals surface area (Å²) in [6.45, 7) is 5.95. The SMILES string of the molecule is C=CCN(CC(=O)Nc1ccon1)C(=O)CCCC. The van der Waals surface area contributed by atoms with Crippen LogP contribution >= 0.6 is 0 Å². The van der Waals surface area contributed by atoms with Crippen molar-refractivity contribution in [2.24, 2.45) is 0 Å². The van der Waals surface area contributed by atoms with Gasteiger partial charge in [0, 0.05) is 19.0 Å². The fourth-order valence-electron chi connectivity index (χ4n) is 1.53. The van der Waals surface area contributed by atoms with E-state index in [-0.39, 0.29) is 18.4 Å². The summed E-state index contributed by atoms with van der Waals surface area (Å²) in [6, 6.07) is 1.54. The lowest BCUT2D eigenvalue weighted by Gasteiger charge is -2.20. The van der Waals surface area contributed by atoms with Gasteiger partial charge < -0.3 is 14.7 Å². The van der Waals surface area contributed by atoms with Crippen molar-refractivity contribution in [3.8, 4) is 0 Å². The average molecular weight is 265 g/mol. The second-order valence-electron chi connectivity index (χ2n) is 4.10. The Morgan fingerprint density at radius 3 is 2.95 bits per heavy atom. The predicted molar refractivity (Wildman–Crippen MR) is 71.4 cm³/mol. The summed E-state index contributed by atoms with van der Waals surface area (Å²) in [5, 5.41) is 6.12. The second-order valence-corrected chi connectivity index (χ2v) is 4.10. The molecule has 1 rings (SSSR count). The van der Waals surface area contributed by atoms with Gasteiger partial charge in [-0.3, -0.25) is 9.59 Å². The molecule has 0 saturated heterocycles. The third kappa shape index (κ3) is 5.37. The molecule has 0 radical (unpaired) electrons. The highest BCUT2D eigenvalue weighted by molar-refractivity contribution is 5.93. The molecule has 2 amide bonds. The molecule has 0 bridgehead atoms. The van der Waals surface area contributed by atoms with Crippen LogP contribution in [0.15, 0.2) is 29.5 Å². The van der Waals surface area contributed by atoms with E-state index in [0.717, 1.165) is 12.8 Å². The van der Waals surface area contributed by atoms with Gasteiger partial charge in [-0.15, -0.1) is 6.58 Å². The Bertz CT molecular complexity index is 415. The minimum Gasteiger partial charge on any atom is -0.363 e. The number of hydrogen-bond donors (Lipinski definition) is 1. The van der Waals surface area contributed by atoms with Crippen molar-refractivity contribution in [2.75, 3.05) is 18.4 Å². The van der Waals surface area contributed by atoms with Crippen molar-refractivity contribution < 1.29 is 14.1 Å². The Kier molecular flexibility index (Phi) is 6.35. The van der Waals surface area contributed by atoms with E-state index in [9.17, 15) is 9.59 Å². The molecule has 1 aromatic heterocycles. The zero-order chi connectivity index (χ0) is 14.1. The number of unbranched alkanes of at least 4 members (excludes halogenated alkanes) is 1. The molecule has 6 nitrogen and oxygen atoms in total. The van der Waals surface area contributed by atoms with Gasteiger partial charge in [0.15, 0.2) is 5.82 Å². The van der Waals surface area contributed by atoms with E-state index in [4.69, 9.17) is 0 Å². The molecule has 19 heavy (non-hydrogen) atoms. The zero-order valence-corrected chi connectivity index (χ0v) is 11.1. The molecule has 0 atom stereocenters. The van der Waals surface area contributed by atoms with Gasteiger partial charge in [-0.05, 0) is 6.42 Å². The van der Waals surface area contributed by atoms with Crippen LogP contribution in [0.1, 0.15) is 26.2 Å². The molecule has 0 aromatic carbocycles. The smallest absolute Gasteiger partial charge is 0.245 e. The monoisotopic (exact) mass is 265 g/mol. The van der Waals surface area contributed by atoms with E-state index in [1.54, 1.807) is 6.08 Å². The first-order chi connectivity index (χ1) is 9.17. The lowest BCUT2D eigenvalue weighted by Crippen LogP contribution is -2.38. The number of nitrogens with zero attached hydrogens (tertiary/aromatic N) is 2. The second kappa shape index (κ2) is 8.07. The standard InChI is InChI=1S/C13H19N3O3/c1-3-5-6-13(18)16(8-4-2)10-12(17)14-11-7-9-19-15-11/h4,7,9H,2-3,5-6,8,10H2,1H3,(H,14,15,17). The van der Waals surface area contributed by atoms with Crippen molar-refractivity contribution in [3.05, 3.63) is 25.0 Å². The molecule has 0 aliphatic heterocycles. The minimum atomic E-state index is -0.305. The molecular weight excluding hydrogens is 246 g/mol. The van der Waals surface area contributed by atoms with E-state index in [1.807, 2.05) is 6.92 Å².